The Bertz CT molecular complexity index is 407. The predicted molar refractivity (Wildman–Crippen MR) is 57.3 cm³/mol. The van der Waals surface area contributed by atoms with E-state index in [1.807, 2.05) is 30.4 Å². The molecule has 2 aliphatic heterocycles. The van der Waals surface area contributed by atoms with Crippen molar-refractivity contribution in [1.82, 2.24) is 0 Å². The van der Waals surface area contributed by atoms with E-state index in [9.17, 15) is 0 Å². The molecule has 2 aliphatic rings. The second kappa shape index (κ2) is 4.15. The van der Waals surface area contributed by atoms with Gasteiger partial charge < -0.3 is 18.9 Å². The number of benzene rings is 1. The van der Waals surface area contributed by atoms with Gasteiger partial charge in [0.05, 0.1) is 13.2 Å². The molecule has 0 aliphatic carbocycles. The van der Waals surface area contributed by atoms with Crippen molar-refractivity contribution in [3.63, 3.8) is 0 Å². The first-order valence-corrected chi connectivity index (χ1v) is 5.23. The van der Waals surface area contributed by atoms with Gasteiger partial charge in [0.2, 0.25) is 6.79 Å². The fourth-order valence-corrected chi connectivity index (χ4v) is 1.69. The van der Waals surface area contributed by atoms with Gasteiger partial charge in [0.25, 0.3) is 0 Å². The fourth-order valence-electron chi connectivity index (χ4n) is 1.69. The van der Waals surface area contributed by atoms with E-state index < -0.39 is 0 Å². The molecule has 0 spiro atoms. The molecule has 0 saturated carbocycles. The molecule has 1 aromatic carbocycles. The Labute approximate surface area is 93.4 Å². The first-order valence-electron chi connectivity index (χ1n) is 5.23. The smallest absolute Gasteiger partial charge is 0.231 e. The topological polar surface area (TPSA) is 36.9 Å². The van der Waals surface area contributed by atoms with Crippen molar-refractivity contribution in [2.45, 2.75) is 6.29 Å². The zero-order valence-electron chi connectivity index (χ0n) is 8.72. The van der Waals surface area contributed by atoms with E-state index in [-0.39, 0.29) is 6.29 Å². The van der Waals surface area contributed by atoms with Gasteiger partial charge in [-0.25, -0.2) is 0 Å². The number of hydrogen-bond donors (Lipinski definition) is 0. The zero-order valence-corrected chi connectivity index (χ0v) is 8.72. The summed E-state index contributed by atoms with van der Waals surface area (Å²) >= 11 is 0. The van der Waals surface area contributed by atoms with Crippen LogP contribution in [0.5, 0.6) is 11.5 Å². The summed E-state index contributed by atoms with van der Waals surface area (Å²) in [5.74, 6) is 1.58. The van der Waals surface area contributed by atoms with Crippen molar-refractivity contribution in [2.24, 2.45) is 0 Å². The number of ether oxygens (including phenoxy) is 4. The van der Waals surface area contributed by atoms with Crippen molar-refractivity contribution in [3.8, 4) is 11.5 Å². The highest BCUT2D eigenvalue weighted by atomic mass is 16.7. The normalized spacial score (nSPS) is 19.8. The van der Waals surface area contributed by atoms with Crippen molar-refractivity contribution >= 4 is 6.08 Å². The van der Waals surface area contributed by atoms with Crippen LogP contribution in [0, 0.1) is 0 Å². The summed E-state index contributed by atoms with van der Waals surface area (Å²) in [6, 6.07) is 5.81. The Morgan fingerprint density at radius 3 is 2.75 bits per heavy atom. The summed E-state index contributed by atoms with van der Waals surface area (Å²) in [6.07, 6.45) is 3.63. The third kappa shape index (κ3) is 1.89. The summed E-state index contributed by atoms with van der Waals surface area (Å²) in [4.78, 5) is 0. The number of hydrogen-bond acceptors (Lipinski definition) is 4. The van der Waals surface area contributed by atoms with Crippen LogP contribution < -0.4 is 9.47 Å². The molecule has 2 heterocycles. The molecular weight excluding hydrogens is 208 g/mol. The third-order valence-corrected chi connectivity index (χ3v) is 2.49. The Hall–Kier alpha value is -1.52. The summed E-state index contributed by atoms with van der Waals surface area (Å²) in [5.41, 5.74) is 1.04. The minimum absolute atomic E-state index is 0.217. The molecule has 1 saturated heterocycles. The molecule has 0 unspecified atom stereocenters. The fraction of sp³-hybridized carbons (Fsp3) is 0.333. The lowest BCUT2D eigenvalue weighted by Crippen LogP contribution is -2.01. The van der Waals surface area contributed by atoms with Crippen molar-refractivity contribution < 1.29 is 18.9 Å². The van der Waals surface area contributed by atoms with Crippen molar-refractivity contribution in [3.05, 3.63) is 29.8 Å². The Morgan fingerprint density at radius 2 is 1.88 bits per heavy atom. The SMILES string of the molecule is C(=CC1OCCO1)c1ccc2c(c1)OCO2. The van der Waals surface area contributed by atoms with Gasteiger partial charge in [0.15, 0.2) is 17.8 Å². The molecule has 1 aromatic rings. The molecule has 84 valence electrons. The minimum Gasteiger partial charge on any atom is -0.454 e. The lowest BCUT2D eigenvalue weighted by Gasteiger charge is -2.02. The van der Waals surface area contributed by atoms with Crippen LogP contribution in [0.2, 0.25) is 0 Å². The van der Waals surface area contributed by atoms with E-state index in [0.29, 0.717) is 20.0 Å². The van der Waals surface area contributed by atoms with Crippen LogP contribution in [0.25, 0.3) is 6.08 Å². The van der Waals surface area contributed by atoms with Gasteiger partial charge >= 0.3 is 0 Å². The summed E-state index contributed by atoms with van der Waals surface area (Å²) < 4.78 is 21.1. The molecule has 16 heavy (non-hydrogen) atoms. The predicted octanol–water partition coefficient (Wildman–Crippen LogP) is 1.80. The van der Waals surface area contributed by atoms with Gasteiger partial charge in [-0.1, -0.05) is 12.1 Å². The molecule has 1 fully saturated rings. The molecule has 4 nitrogen and oxygen atoms in total. The van der Waals surface area contributed by atoms with Gasteiger partial charge in [-0.2, -0.15) is 0 Å². The van der Waals surface area contributed by atoms with E-state index in [0.717, 1.165) is 17.1 Å². The van der Waals surface area contributed by atoms with Crippen LogP contribution in [0.15, 0.2) is 24.3 Å². The number of rotatable bonds is 2. The van der Waals surface area contributed by atoms with Crippen molar-refractivity contribution in [2.75, 3.05) is 20.0 Å². The first kappa shape index (κ1) is 9.69. The van der Waals surface area contributed by atoms with Crippen LogP contribution in [-0.4, -0.2) is 26.3 Å². The lowest BCUT2D eigenvalue weighted by atomic mass is 10.2. The minimum atomic E-state index is -0.217. The Kier molecular flexibility index (Phi) is 2.52. The molecule has 0 aromatic heterocycles. The van der Waals surface area contributed by atoms with Gasteiger partial charge in [0.1, 0.15) is 0 Å². The standard InChI is InChI=1S/C12H12O4/c1-3-10-11(16-8-15-10)7-9(1)2-4-12-13-5-6-14-12/h1-4,7,12H,5-6,8H2. The van der Waals surface area contributed by atoms with E-state index in [2.05, 4.69) is 0 Å². The van der Waals surface area contributed by atoms with Crippen LogP contribution in [0.3, 0.4) is 0 Å². The summed E-state index contributed by atoms with van der Waals surface area (Å²) in [5, 5.41) is 0. The lowest BCUT2D eigenvalue weighted by molar-refractivity contribution is -0.000908. The van der Waals surface area contributed by atoms with E-state index in [1.165, 1.54) is 0 Å². The average Bonchev–Trinajstić information content (AvgIpc) is 2.97. The Balaban J connectivity index is 1.74. The maximum absolute atomic E-state index is 5.30. The first-order chi connectivity index (χ1) is 7.92. The van der Waals surface area contributed by atoms with E-state index >= 15 is 0 Å². The molecule has 0 N–H and O–H groups in total. The third-order valence-electron chi connectivity index (χ3n) is 2.49. The van der Waals surface area contributed by atoms with E-state index in [1.54, 1.807) is 0 Å². The molecule has 0 atom stereocenters. The summed E-state index contributed by atoms with van der Waals surface area (Å²) in [7, 11) is 0. The maximum Gasteiger partial charge on any atom is 0.231 e. The van der Waals surface area contributed by atoms with Gasteiger partial charge in [-0.15, -0.1) is 0 Å². The highest BCUT2D eigenvalue weighted by Gasteiger charge is 2.14. The molecule has 0 bridgehead atoms. The molecule has 0 amide bonds. The van der Waals surface area contributed by atoms with E-state index in [4.69, 9.17) is 18.9 Å². The van der Waals surface area contributed by atoms with Gasteiger partial charge in [-0.3, -0.25) is 0 Å². The van der Waals surface area contributed by atoms with Crippen molar-refractivity contribution in [1.29, 1.82) is 0 Å². The average molecular weight is 220 g/mol. The van der Waals surface area contributed by atoms with Crippen LogP contribution >= 0.6 is 0 Å². The number of fused-ring (bicyclic) bond motifs is 1. The monoisotopic (exact) mass is 220 g/mol. The quantitative estimate of drug-likeness (QED) is 0.761. The Morgan fingerprint density at radius 1 is 1.06 bits per heavy atom. The highest BCUT2D eigenvalue weighted by molar-refractivity contribution is 5.56. The van der Waals surface area contributed by atoms with Crippen LogP contribution in [0.1, 0.15) is 5.56 Å². The maximum atomic E-state index is 5.30. The van der Waals surface area contributed by atoms with Crippen LogP contribution in [0.4, 0.5) is 0 Å². The van der Waals surface area contributed by atoms with Gasteiger partial charge in [-0.05, 0) is 23.8 Å². The second-order valence-electron chi connectivity index (χ2n) is 3.58. The van der Waals surface area contributed by atoms with Crippen LogP contribution in [-0.2, 0) is 9.47 Å². The van der Waals surface area contributed by atoms with Gasteiger partial charge in [0, 0.05) is 0 Å². The summed E-state index contributed by atoms with van der Waals surface area (Å²) in [6.45, 7) is 1.63. The largest absolute Gasteiger partial charge is 0.454 e. The molecular formula is C12H12O4. The molecule has 0 radical (unpaired) electrons. The second-order valence-corrected chi connectivity index (χ2v) is 3.58. The highest BCUT2D eigenvalue weighted by Crippen LogP contribution is 2.32. The zero-order chi connectivity index (χ0) is 10.8. The molecule has 4 heteroatoms. The molecule has 3 rings (SSSR count).